The Morgan fingerprint density at radius 1 is 1.33 bits per heavy atom. The highest BCUT2D eigenvalue weighted by molar-refractivity contribution is 7.91. The van der Waals surface area contributed by atoms with E-state index in [0.717, 1.165) is 0 Å². The molecule has 0 atom stereocenters. The molecule has 1 rings (SSSR count). The average molecular weight is 230 g/mol. The molecule has 0 amide bonds. The number of sulfone groups is 1. The third-order valence-electron chi connectivity index (χ3n) is 1.85. The lowest BCUT2D eigenvalue weighted by Crippen LogP contribution is -2.20. The third kappa shape index (κ3) is 3.77. The molecule has 0 radical (unpaired) electrons. The van der Waals surface area contributed by atoms with Gasteiger partial charge >= 0.3 is 0 Å². The van der Waals surface area contributed by atoms with Crippen molar-refractivity contribution in [1.29, 1.82) is 0 Å². The first-order valence-electron chi connectivity index (χ1n) is 4.45. The monoisotopic (exact) mass is 230 g/mol. The quantitative estimate of drug-likeness (QED) is 0.621. The number of aliphatic hydroxyl groups is 1. The lowest BCUT2D eigenvalue weighted by atomic mass is 10.3. The average Bonchev–Trinajstić information content (AvgIpc) is 2.16. The summed E-state index contributed by atoms with van der Waals surface area (Å²) in [6.45, 7) is -0.367. The van der Waals surface area contributed by atoms with Crippen LogP contribution in [0.2, 0.25) is 0 Å². The number of anilines is 2. The van der Waals surface area contributed by atoms with Gasteiger partial charge in [0.15, 0.2) is 9.84 Å². The molecule has 0 heterocycles. The first-order chi connectivity index (χ1) is 7.05. The Hall–Kier alpha value is -1.27. The minimum atomic E-state index is -3.26. The lowest BCUT2D eigenvalue weighted by Gasteiger charge is -2.08. The molecule has 0 aromatic heterocycles. The summed E-state index contributed by atoms with van der Waals surface area (Å²) in [4.78, 5) is 0. The van der Waals surface area contributed by atoms with Crippen molar-refractivity contribution in [2.75, 3.05) is 29.3 Å². The highest BCUT2D eigenvalue weighted by Gasteiger charge is 2.09. The van der Waals surface area contributed by atoms with Gasteiger partial charge < -0.3 is 16.2 Å². The summed E-state index contributed by atoms with van der Waals surface area (Å²) >= 11 is 0. The highest BCUT2D eigenvalue weighted by atomic mass is 32.2. The van der Waals surface area contributed by atoms with Crippen LogP contribution in [0.15, 0.2) is 24.3 Å². The zero-order valence-corrected chi connectivity index (χ0v) is 9.00. The van der Waals surface area contributed by atoms with Crippen molar-refractivity contribution in [1.82, 2.24) is 0 Å². The standard InChI is InChI=1S/C9H14N2O3S/c10-8-3-1-2-4-9(8)11-7-15(13,14)6-5-12/h1-4,11-12H,5-7,10H2. The van der Waals surface area contributed by atoms with E-state index in [-0.39, 0.29) is 18.2 Å². The Labute approximate surface area is 88.8 Å². The summed E-state index contributed by atoms with van der Waals surface area (Å²) in [5.41, 5.74) is 6.70. The van der Waals surface area contributed by atoms with Crippen molar-refractivity contribution < 1.29 is 13.5 Å². The number of hydrogen-bond donors (Lipinski definition) is 3. The van der Waals surface area contributed by atoms with E-state index in [9.17, 15) is 8.42 Å². The van der Waals surface area contributed by atoms with E-state index in [0.29, 0.717) is 11.4 Å². The van der Waals surface area contributed by atoms with Crippen LogP contribution < -0.4 is 11.1 Å². The van der Waals surface area contributed by atoms with Gasteiger partial charge in [0.2, 0.25) is 0 Å². The second kappa shape index (κ2) is 4.99. The minimum Gasteiger partial charge on any atom is -0.397 e. The summed E-state index contributed by atoms with van der Waals surface area (Å²) in [7, 11) is -3.26. The molecule has 4 N–H and O–H groups in total. The van der Waals surface area contributed by atoms with E-state index in [2.05, 4.69) is 5.32 Å². The molecular weight excluding hydrogens is 216 g/mol. The Balaban J connectivity index is 2.62. The van der Waals surface area contributed by atoms with Crippen LogP contribution in [0.4, 0.5) is 11.4 Å². The van der Waals surface area contributed by atoms with Crippen LogP contribution >= 0.6 is 0 Å². The number of nitrogens with one attached hydrogen (secondary N) is 1. The van der Waals surface area contributed by atoms with Crippen molar-refractivity contribution >= 4 is 21.2 Å². The molecule has 84 valence electrons. The number of aliphatic hydroxyl groups excluding tert-OH is 1. The van der Waals surface area contributed by atoms with Crippen LogP contribution in [-0.2, 0) is 9.84 Å². The van der Waals surface area contributed by atoms with Gasteiger partial charge in [-0.2, -0.15) is 0 Å². The second-order valence-corrected chi connectivity index (χ2v) is 5.26. The number of para-hydroxylation sites is 2. The van der Waals surface area contributed by atoms with E-state index >= 15 is 0 Å². The molecule has 0 aliphatic heterocycles. The fourth-order valence-electron chi connectivity index (χ4n) is 1.06. The smallest absolute Gasteiger partial charge is 0.170 e. The molecule has 0 spiro atoms. The molecule has 0 aliphatic carbocycles. The largest absolute Gasteiger partial charge is 0.397 e. The maximum Gasteiger partial charge on any atom is 0.170 e. The molecule has 5 nitrogen and oxygen atoms in total. The molecule has 1 aromatic rings. The van der Waals surface area contributed by atoms with Crippen molar-refractivity contribution in [3.05, 3.63) is 24.3 Å². The normalized spacial score (nSPS) is 11.3. The van der Waals surface area contributed by atoms with Crippen LogP contribution in [0, 0.1) is 0 Å². The number of rotatable bonds is 5. The van der Waals surface area contributed by atoms with Crippen LogP contribution in [0.1, 0.15) is 0 Å². The van der Waals surface area contributed by atoms with Crippen molar-refractivity contribution in [3.63, 3.8) is 0 Å². The molecule has 0 fully saturated rings. The summed E-state index contributed by atoms with van der Waals surface area (Å²) in [6, 6.07) is 6.91. The van der Waals surface area contributed by atoms with Crippen LogP contribution in [-0.4, -0.2) is 31.8 Å². The highest BCUT2D eigenvalue weighted by Crippen LogP contribution is 2.16. The maximum absolute atomic E-state index is 11.3. The zero-order chi connectivity index (χ0) is 11.3. The zero-order valence-electron chi connectivity index (χ0n) is 8.18. The van der Waals surface area contributed by atoms with Gasteiger partial charge in [-0.1, -0.05) is 12.1 Å². The molecule has 0 saturated heterocycles. The fraction of sp³-hybridized carbons (Fsp3) is 0.333. The number of benzene rings is 1. The van der Waals surface area contributed by atoms with E-state index in [4.69, 9.17) is 10.8 Å². The molecule has 6 heteroatoms. The van der Waals surface area contributed by atoms with Gasteiger partial charge in [-0.15, -0.1) is 0 Å². The van der Waals surface area contributed by atoms with Gasteiger partial charge in [-0.3, -0.25) is 0 Å². The molecule has 0 unspecified atom stereocenters. The summed E-state index contributed by atoms with van der Waals surface area (Å²) in [6.07, 6.45) is 0. The molecule has 0 saturated carbocycles. The van der Waals surface area contributed by atoms with E-state index in [1.54, 1.807) is 24.3 Å². The Morgan fingerprint density at radius 2 is 2.00 bits per heavy atom. The second-order valence-electron chi connectivity index (χ2n) is 3.08. The van der Waals surface area contributed by atoms with E-state index < -0.39 is 9.84 Å². The molecule has 1 aromatic carbocycles. The van der Waals surface area contributed by atoms with Gasteiger partial charge in [0.05, 0.1) is 23.7 Å². The topological polar surface area (TPSA) is 92.4 Å². The van der Waals surface area contributed by atoms with Crippen LogP contribution in [0.5, 0.6) is 0 Å². The summed E-state index contributed by atoms with van der Waals surface area (Å²) < 4.78 is 22.5. The predicted octanol–water partition coefficient (Wildman–Crippen LogP) is 0.0453. The predicted molar refractivity (Wildman–Crippen MR) is 60.2 cm³/mol. The maximum atomic E-state index is 11.3. The van der Waals surface area contributed by atoms with Crippen LogP contribution in [0.3, 0.4) is 0 Å². The lowest BCUT2D eigenvalue weighted by molar-refractivity contribution is 0.319. The molecular formula is C9H14N2O3S. The molecule has 15 heavy (non-hydrogen) atoms. The molecule has 0 aliphatic rings. The summed E-state index contributed by atoms with van der Waals surface area (Å²) in [5, 5.41) is 11.2. The van der Waals surface area contributed by atoms with E-state index in [1.165, 1.54) is 0 Å². The SMILES string of the molecule is Nc1ccccc1NCS(=O)(=O)CCO. The first-order valence-corrected chi connectivity index (χ1v) is 6.27. The van der Waals surface area contributed by atoms with Gasteiger partial charge in [0.1, 0.15) is 5.88 Å². The van der Waals surface area contributed by atoms with Crippen molar-refractivity contribution in [3.8, 4) is 0 Å². The van der Waals surface area contributed by atoms with Crippen molar-refractivity contribution in [2.45, 2.75) is 0 Å². The number of hydrogen-bond acceptors (Lipinski definition) is 5. The number of nitrogens with two attached hydrogens (primary N) is 1. The first kappa shape index (κ1) is 11.8. The Kier molecular flexibility index (Phi) is 3.93. The van der Waals surface area contributed by atoms with Crippen LogP contribution in [0.25, 0.3) is 0 Å². The van der Waals surface area contributed by atoms with Gasteiger partial charge in [-0.25, -0.2) is 8.42 Å². The fourth-order valence-corrected chi connectivity index (χ4v) is 1.85. The van der Waals surface area contributed by atoms with Gasteiger partial charge in [-0.05, 0) is 12.1 Å². The molecule has 0 bridgehead atoms. The third-order valence-corrected chi connectivity index (χ3v) is 3.23. The summed E-state index contributed by atoms with van der Waals surface area (Å²) in [5.74, 6) is -0.464. The minimum absolute atomic E-state index is 0.220. The van der Waals surface area contributed by atoms with Gasteiger partial charge in [0, 0.05) is 0 Å². The van der Waals surface area contributed by atoms with Gasteiger partial charge in [0.25, 0.3) is 0 Å². The Morgan fingerprint density at radius 3 is 2.60 bits per heavy atom. The number of nitrogen functional groups attached to an aromatic ring is 1. The Bertz CT molecular complexity index is 417. The van der Waals surface area contributed by atoms with E-state index in [1.807, 2.05) is 0 Å². The van der Waals surface area contributed by atoms with Crippen molar-refractivity contribution in [2.24, 2.45) is 0 Å².